The number of hydrogen-bond acceptors (Lipinski definition) is 4. The van der Waals surface area contributed by atoms with Gasteiger partial charge in [-0.2, -0.15) is 0 Å². The highest BCUT2D eigenvalue weighted by Gasteiger charge is 2.11. The van der Waals surface area contributed by atoms with Crippen LogP contribution in [-0.2, 0) is 0 Å². The zero-order valence-corrected chi connectivity index (χ0v) is 14.0. The largest absolute Gasteiger partial charge is 0.352 e. The average molecular weight is 318 g/mol. The molecule has 5 heteroatoms. The van der Waals surface area contributed by atoms with E-state index in [1.165, 1.54) is 32.1 Å². The lowest BCUT2D eigenvalue weighted by Crippen LogP contribution is -2.36. The number of amides is 1. The fourth-order valence-corrected chi connectivity index (χ4v) is 2.97. The Labute approximate surface area is 139 Å². The van der Waals surface area contributed by atoms with Crippen molar-refractivity contribution in [3.63, 3.8) is 0 Å². The molecule has 1 aromatic heterocycles. The summed E-state index contributed by atoms with van der Waals surface area (Å²) in [5.41, 5.74) is 0.624. The van der Waals surface area contributed by atoms with Crippen molar-refractivity contribution in [1.82, 2.24) is 20.9 Å². The quantitative estimate of drug-likeness (QED) is 0.578. The standard InChI is InChI=1S/C18H30N4O/c23-18(16-7-6-11-20-15-16)22-12-5-4-10-19-13-14-21-17-8-2-1-3-9-17/h6-7,11,15,17,19,21H,1-5,8-10,12-14H2,(H,22,23). The topological polar surface area (TPSA) is 66.1 Å². The van der Waals surface area contributed by atoms with Gasteiger partial charge in [0.25, 0.3) is 5.91 Å². The molecule has 2 rings (SSSR count). The molecule has 5 nitrogen and oxygen atoms in total. The van der Waals surface area contributed by atoms with E-state index in [0.29, 0.717) is 5.56 Å². The van der Waals surface area contributed by atoms with Crippen molar-refractivity contribution in [2.45, 2.75) is 51.0 Å². The van der Waals surface area contributed by atoms with E-state index in [4.69, 9.17) is 0 Å². The maximum atomic E-state index is 11.8. The van der Waals surface area contributed by atoms with Crippen molar-refractivity contribution in [2.24, 2.45) is 0 Å². The van der Waals surface area contributed by atoms with Gasteiger partial charge in [-0.1, -0.05) is 19.3 Å². The van der Waals surface area contributed by atoms with Gasteiger partial charge in [-0.25, -0.2) is 0 Å². The molecule has 1 aromatic rings. The van der Waals surface area contributed by atoms with Crippen LogP contribution in [0.3, 0.4) is 0 Å². The van der Waals surface area contributed by atoms with Gasteiger partial charge in [0.2, 0.25) is 0 Å². The fraction of sp³-hybridized carbons (Fsp3) is 0.667. The molecular formula is C18H30N4O. The Hall–Kier alpha value is -1.46. The van der Waals surface area contributed by atoms with Crippen LogP contribution in [0.15, 0.2) is 24.5 Å². The van der Waals surface area contributed by atoms with Crippen LogP contribution in [0.2, 0.25) is 0 Å². The number of aromatic nitrogens is 1. The van der Waals surface area contributed by atoms with Crippen LogP contribution in [0.25, 0.3) is 0 Å². The van der Waals surface area contributed by atoms with Gasteiger partial charge in [-0.05, 0) is 44.4 Å². The predicted molar refractivity (Wildman–Crippen MR) is 93.5 cm³/mol. The van der Waals surface area contributed by atoms with Gasteiger partial charge in [-0.15, -0.1) is 0 Å². The van der Waals surface area contributed by atoms with Crippen LogP contribution in [0, 0.1) is 0 Å². The number of nitrogens with one attached hydrogen (secondary N) is 3. The summed E-state index contributed by atoms with van der Waals surface area (Å²) >= 11 is 0. The van der Waals surface area contributed by atoms with E-state index in [2.05, 4.69) is 20.9 Å². The van der Waals surface area contributed by atoms with Crippen molar-refractivity contribution in [3.8, 4) is 0 Å². The first kappa shape index (κ1) is 17.9. The SMILES string of the molecule is O=C(NCCCCNCCNC1CCCCC1)c1cccnc1. The number of carbonyl (C=O) groups is 1. The average Bonchev–Trinajstić information content (AvgIpc) is 2.61. The summed E-state index contributed by atoms with van der Waals surface area (Å²) in [5.74, 6) is -0.0391. The molecule has 0 bridgehead atoms. The molecule has 128 valence electrons. The fourth-order valence-electron chi connectivity index (χ4n) is 2.97. The zero-order valence-electron chi connectivity index (χ0n) is 14.0. The zero-order chi connectivity index (χ0) is 16.2. The molecule has 23 heavy (non-hydrogen) atoms. The summed E-state index contributed by atoms with van der Waals surface area (Å²) in [5, 5.41) is 10.0. The van der Waals surface area contributed by atoms with E-state index >= 15 is 0 Å². The van der Waals surface area contributed by atoms with Crippen molar-refractivity contribution in [2.75, 3.05) is 26.2 Å². The molecule has 0 unspecified atom stereocenters. The van der Waals surface area contributed by atoms with Crippen molar-refractivity contribution in [3.05, 3.63) is 30.1 Å². The highest BCUT2D eigenvalue weighted by molar-refractivity contribution is 5.93. The Morgan fingerprint density at radius 3 is 2.70 bits per heavy atom. The maximum Gasteiger partial charge on any atom is 0.252 e. The summed E-state index contributed by atoms with van der Waals surface area (Å²) in [6, 6.07) is 4.30. The van der Waals surface area contributed by atoms with E-state index in [1.807, 2.05) is 0 Å². The molecule has 0 saturated heterocycles. The van der Waals surface area contributed by atoms with Gasteiger partial charge in [-0.3, -0.25) is 9.78 Å². The minimum Gasteiger partial charge on any atom is -0.352 e. The first-order valence-corrected chi connectivity index (χ1v) is 8.98. The van der Waals surface area contributed by atoms with Crippen LogP contribution < -0.4 is 16.0 Å². The molecular weight excluding hydrogens is 288 g/mol. The molecule has 1 amide bonds. The summed E-state index contributed by atoms with van der Waals surface area (Å²) in [7, 11) is 0. The summed E-state index contributed by atoms with van der Waals surface area (Å²) in [6.45, 7) is 3.81. The van der Waals surface area contributed by atoms with Gasteiger partial charge >= 0.3 is 0 Å². The predicted octanol–water partition coefficient (Wildman–Crippen LogP) is 2.10. The molecule has 1 heterocycles. The van der Waals surface area contributed by atoms with E-state index in [9.17, 15) is 4.79 Å². The lowest BCUT2D eigenvalue weighted by Gasteiger charge is -2.22. The Bertz CT molecular complexity index is 432. The highest BCUT2D eigenvalue weighted by atomic mass is 16.1. The summed E-state index contributed by atoms with van der Waals surface area (Å²) in [6.07, 6.45) is 12.2. The molecule has 1 aliphatic carbocycles. The molecule has 0 aromatic carbocycles. The Morgan fingerprint density at radius 1 is 1.09 bits per heavy atom. The number of rotatable bonds is 10. The van der Waals surface area contributed by atoms with Crippen LogP contribution >= 0.6 is 0 Å². The van der Waals surface area contributed by atoms with Crippen LogP contribution in [-0.4, -0.2) is 43.1 Å². The molecule has 0 spiro atoms. The van der Waals surface area contributed by atoms with Gasteiger partial charge in [0.1, 0.15) is 0 Å². The first-order valence-electron chi connectivity index (χ1n) is 8.98. The second kappa shape index (κ2) is 11.1. The summed E-state index contributed by atoms with van der Waals surface area (Å²) < 4.78 is 0. The van der Waals surface area contributed by atoms with Crippen LogP contribution in [0.5, 0.6) is 0 Å². The van der Waals surface area contributed by atoms with Crippen molar-refractivity contribution >= 4 is 5.91 Å². The lowest BCUT2D eigenvalue weighted by molar-refractivity contribution is 0.0952. The molecule has 1 saturated carbocycles. The van der Waals surface area contributed by atoms with E-state index in [-0.39, 0.29) is 5.91 Å². The van der Waals surface area contributed by atoms with Gasteiger partial charge < -0.3 is 16.0 Å². The van der Waals surface area contributed by atoms with Crippen molar-refractivity contribution < 1.29 is 4.79 Å². The number of nitrogens with zero attached hydrogens (tertiary/aromatic N) is 1. The minimum atomic E-state index is -0.0391. The van der Waals surface area contributed by atoms with Gasteiger partial charge in [0, 0.05) is 38.1 Å². The normalized spacial score (nSPS) is 15.5. The highest BCUT2D eigenvalue weighted by Crippen LogP contribution is 2.16. The van der Waals surface area contributed by atoms with Crippen LogP contribution in [0.1, 0.15) is 55.3 Å². The molecule has 0 aliphatic heterocycles. The Balaban J connectivity index is 1.39. The van der Waals surface area contributed by atoms with Crippen LogP contribution in [0.4, 0.5) is 0 Å². The molecule has 1 aliphatic rings. The second-order valence-corrected chi connectivity index (χ2v) is 6.24. The number of carbonyl (C=O) groups excluding carboxylic acids is 1. The number of pyridine rings is 1. The number of hydrogen-bond donors (Lipinski definition) is 3. The molecule has 0 radical (unpaired) electrons. The molecule has 1 fully saturated rings. The number of unbranched alkanes of at least 4 members (excludes halogenated alkanes) is 1. The maximum absolute atomic E-state index is 11.8. The lowest BCUT2D eigenvalue weighted by atomic mass is 9.95. The van der Waals surface area contributed by atoms with E-state index < -0.39 is 0 Å². The third kappa shape index (κ3) is 7.57. The smallest absolute Gasteiger partial charge is 0.252 e. The van der Waals surface area contributed by atoms with E-state index in [0.717, 1.165) is 45.1 Å². The Kier molecular flexibility index (Phi) is 8.66. The van der Waals surface area contributed by atoms with Crippen molar-refractivity contribution in [1.29, 1.82) is 0 Å². The van der Waals surface area contributed by atoms with E-state index in [1.54, 1.807) is 24.5 Å². The molecule has 0 atom stereocenters. The second-order valence-electron chi connectivity index (χ2n) is 6.24. The monoisotopic (exact) mass is 318 g/mol. The summed E-state index contributed by atoms with van der Waals surface area (Å²) in [4.78, 5) is 15.7. The Morgan fingerprint density at radius 2 is 1.91 bits per heavy atom. The van der Waals surface area contributed by atoms with Gasteiger partial charge in [0.05, 0.1) is 5.56 Å². The minimum absolute atomic E-state index is 0.0391. The molecule has 3 N–H and O–H groups in total. The third-order valence-corrected chi connectivity index (χ3v) is 4.33. The van der Waals surface area contributed by atoms with Gasteiger partial charge in [0.15, 0.2) is 0 Å². The first-order chi connectivity index (χ1) is 11.4. The third-order valence-electron chi connectivity index (χ3n) is 4.33.